The molecular formula is C9H9N3O4S. The molecule has 0 fully saturated rings. The van der Waals surface area contributed by atoms with Gasteiger partial charge in [-0.2, -0.15) is 9.57 Å². The van der Waals surface area contributed by atoms with Crippen molar-refractivity contribution in [3.63, 3.8) is 0 Å². The summed E-state index contributed by atoms with van der Waals surface area (Å²) in [6.45, 7) is -0.637. The summed E-state index contributed by atoms with van der Waals surface area (Å²) in [6.07, 6.45) is 1.02. The maximum Gasteiger partial charge on any atom is 0.318 e. The van der Waals surface area contributed by atoms with Crippen molar-refractivity contribution in [1.82, 2.24) is 9.29 Å². The van der Waals surface area contributed by atoms with Gasteiger partial charge in [-0.15, -0.1) is 0 Å². The van der Waals surface area contributed by atoms with E-state index in [9.17, 15) is 13.2 Å². The number of carboxylic acids is 1. The fourth-order valence-corrected chi connectivity index (χ4v) is 2.12. The van der Waals surface area contributed by atoms with Gasteiger partial charge in [0.15, 0.2) is 0 Å². The normalized spacial score (nSPS) is 11.1. The number of nitriles is 1. The second kappa shape index (κ2) is 4.90. The summed E-state index contributed by atoms with van der Waals surface area (Å²) < 4.78 is 24.3. The summed E-state index contributed by atoms with van der Waals surface area (Å²) in [5.74, 6) is -1.25. The van der Waals surface area contributed by atoms with Crippen LogP contribution in [0.3, 0.4) is 0 Å². The number of likely N-dealkylation sites (N-methyl/N-ethyl adjacent to an activating group) is 1. The first kappa shape index (κ1) is 13.1. The maximum absolute atomic E-state index is 11.8. The van der Waals surface area contributed by atoms with E-state index in [4.69, 9.17) is 10.4 Å². The number of hydrogen-bond donors (Lipinski definition) is 1. The van der Waals surface area contributed by atoms with Crippen LogP contribution >= 0.6 is 0 Å². The molecule has 1 rings (SSSR count). The molecule has 1 N–H and O–H groups in total. The molecule has 0 radical (unpaired) electrons. The molecule has 1 aromatic rings. The van der Waals surface area contributed by atoms with E-state index in [-0.39, 0.29) is 10.6 Å². The Labute approximate surface area is 98.0 Å². The van der Waals surface area contributed by atoms with Crippen molar-refractivity contribution in [3.05, 3.63) is 24.0 Å². The van der Waals surface area contributed by atoms with Gasteiger partial charge in [-0.05, 0) is 12.1 Å². The minimum Gasteiger partial charge on any atom is -0.480 e. The smallest absolute Gasteiger partial charge is 0.318 e. The monoisotopic (exact) mass is 255 g/mol. The second-order valence-electron chi connectivity index (χ2n) is 3.15. The molecule has 0 aromatic carbocycles. The van der Waals surface area contributed by atoms with Crippen LogP contribution in [0.2, 0.25) is 0 Å². The van der Waals surface area contributed by atoms with Crippen LogP contribution in [0.15, 0.2) is 23.2 Å². The number of carbonyl (C=O) groups is 1. The zero-order valence-electron chi connectivity index (χ0n) is 8.86. The van der Waals surface area contributed by atoms with Gasteiger partial charge in [-0.1, -0.05) is 0 Å². The molecule has 0 bridgehead atoms. The topological polar surface area (TPSA) is 111 Å². The molecule has 1 aromatic heterocycles. The third-order valence-corrected chi connectivity index (χ3v) is 3.70. The van der Waals surface area contributed by atoms with E-state index in [2.05, 4.69) is 4.98 Å². The van der Waals surface area contributed by atoms with E-state index in [0.717, 1.165) is 13.2 Å². The van der Waals surface area contributed by atoms with Gasteiger partial charge in [0.1, 0.15) is 23.2 Å². The van der Waals surface area contributed by atoms with Crippen molar-refractivity contribution in [3.8, 4) is 6.07 Å². The quantitative estimate of drug-likeness (QED) is 0.787. The molecule has 0 spiro atoms. The Morgan fingerprint density at radius 3 is 2.65 bits per heavy atom. The Morgan fingerprint density at radius 2 is 2.24 bits per heavy atom. The van der Waals surface area contributed by atoms with Crippen LogP contribution in [-0.4, -0.2) is 42.4 Å². The number of hydrogen-bond acceptors (Lipinski definition) is 5. The zero-order valence-corrected chi connectivity index (χ0v) is 9.68. The van der Waals surface area contributed by atoms with E-state index in [1.807, 2.05) is 0 Å². The van der Waals surface area contributed by atoms with E-state index in [0.29, 0.717) is 4.31 Å². The van der Waals surface area contributed by atoms with Gasteiger partial charge >= 0.3 is 5.97 Å². The summed E-state index contributed by atoms with van der Waals surface area (Å²) in [4.78, 5) is 13.9. The third kappa shape index (κ3) is 2.99. The minimum atomic E-state index is -3.88. The highest BCUT2D eigenvalue weighted by atomic mass is 32.2. The van der Waals surface area contributed by atoms with Crippen LogP contribution in [0, 0.1) is 11.3 Å². The molecule has 0 aliphatic carbocycles. The lowest BCUT2D eigenvalue weighted by Crippen LogP contribution is -2.32. The summed E-state index contributed by atoms with van der Waals surface area (Å²) in [5.41, 5.74) is 0.0878. The summed E-state index contributed by atoms with van der Waals surface area (Å²) in [7, 11) is -2.72. The van der Waals surface area contributed by atoms with Gasteiger partial charge in [-0.25, -0.2) is 13.4 Å². The Morgan fingerprint density at radius 1 is 1.59 bits per heavy atom. The van der Waals surface area contributed by atoms with Crippen molar-refractivity contribution >= 4 is 16.0 Å². The molecule has 0 aliphatic heterocycles. The molecule has 0 saturated heterocycles. The molecule has 1 heterocycles. The van der Waals surface area contributed by atoms with Gasteiger partial charge in [0, 0.05) is 13.2 Å². The molecule has 0 saturated carbocycles. The first-order valence-corrected chi connectivity index (χ1v) is 5.86. The molecule has 0 amide bonds. The number of carboxylic acid groups (broad SMARTS) is 1. The molecule has 7 nitrogen and oxygen atoms in total. The number of aromatic nitrogens is 1. The van der Waals surface area contributed by atoms with Gasteiger partial charge in [0.2, 0.25) is 10.0 Å². The van der Waals surface area contributed by atoms with Crippen LogP contribution in [0.5, 0.6) is 0 Å². The van der Waals surface area contributed by atoms with Gasteiger partial charge in [0.05, 0.1) is 0 Å². The molecule has 90 valence electrons. The van der Waals surface area contributed by atoms with Crippen LogP contribution in [0.4, 0.5) is 0 Å². The number of pyridine rings is 1. The highest BCUT2D eigenvalue weighted by Gasteiger charge is 2.22. The molecular weight excluding hydrogens is 246 g/mol. The Balaban J connectivity index is 3.05. The highest BCUT2D eigenvalue weighted by Crippen LogP contribution is 2.12. The molecule has 0 unspecified atom stereocenters. The Hall–Kier alpha value is -1.98. The Bertz CT molecular complexity index is 559. The van der Waals surface area contributed by atoms with Gasteiger partial charge < -0.3 is 5.11 Å². The lowest BCUT2D eigenvalue weighted by atomic mass is 10.4. The fraction of sp³-hybridized carbons (Fsp3) is 0.222. The van der Waals surface area contributed by atoms with Gasteiger partial charge in [0.25, 0.3) is 0 Å². The first-order chi connectivity index (χ1) is 7.87. The number of nitrogens with zero attached hydrogens (tertiary/aromatic N) is 3. The minimum absolute atomic E-state index is 0.0878. The van der Waals surface area contributed by atoms with E-state index < -0.39 is 22.5 Å². The summed E-state index contributed by atoms with van der Waals surface area (Å²) >= 11 is 0. The summed E-state index contributed by atoms with van der Waals surface area (Å²) in [5, 5.41) is 17.0. The average molecular weight is 255 g/mol. The average Bonchev–Trinajstić information content (AvgIpc) is 2.28. The molecule has 8 heteroatoms. The van der Waals surface area contributed by atoms with E-state index in [1.54, 1.807) is 6.07 Å². The highest BCUT2D eigenvalue weighted by molar-refractivity contribution is 7.89. The lowest BCUT2D eigenvalue weighted by molar-refractivity contribution is -0.137. The van der Waals surface area contributed by atoms with Gasteiger partial charge in [-0.3, -0.25) is 4.79 Å². The fourth-order valence-electron chi connectivity index (χ4n) is 1.05. The van der Waals surface area contributed by atoms with Crippen molar-refractivity contribution in [1.29, 1.82) is 5.26 Å². The van der Waals surface area contributed by atoms with E-state index >= 15 is 0 Å². The number of aliphatic carboxylic acids is 1. The maximum atomic E-state index is 11.8. The number of sulfonamides is 1. The lowest BCUT2D eigenvalue weighted by Gasteiger charge is -2.14. The molecule has 17 heavy (non-hydrogen) atoms. The van der Waals surface area contributed by atoms with Crippen LogP contribution in [0.25, 0.3) is 0 Å². The number of rotatable bonds is 4. The van der Waals surface area contributed by atoms with Crippen molar-refractivity contribution < 1.29 is 18.3 Å². The van der Waals surface area contributed by atoms with Crippen LogP contribution in [0.1, 0.15) is 5.69 Å². The van der Waals surface area contributed by atoms with Crippen molar-refractivity contribution in [2.24, 2.45) is 0 Å². The van der Waals surface area contributed by atoms with Crippen LogP contribution in [-0.2, 0) is 14.8 Å². The standard InChI is InChI=1S/C9H9N3O4S/c1-12(6-9(13)14)17(15,16)8-3-2-7(4-10)11-5-8/h2-3,5H,6H2,1H3,(H,13,14). The Kier molecular flexibility index (Phi) is 3.77. The van der Waals surface area contributed by atoms with E-state index in [1.165, 1.54) is 12.1 Å². The SMILES string of the molecule is CN(CC(=O)O)S(=O)(=O)c1ccc(C#N)nc1. The predicted molar refractivity (Wildman–Crippen MR) is 56.4 cm³/mol. The summed E-state index contributed by atoms with van der Waals surface area (Å²) in [6, 6.07) is 4.21. The largest absolute Gasteiger partial charge is 0.480 e. The predicted octanol–water partition coefficient (Wildman–Crippen LogP) is -0.342. The zero-order chi connectivity index (χ0) is 13.1. The van der Waals surface area contributed by atoms with Crippen molar-refractivity contribution in [2.75, 3.05) is 13.6 Å². The molecule has 0 atom stereocenters. The van der Waals surface area contributed by atoms with Crippen molar-refractivity contribution in [2.45, 2.75) is 4.90 Å². The molecule has 0 aliphatic rings. The third-order valence-electron chi connectivity index (χ3n) is 1.92. The first-order valence-electron chi connectivity index (χ1n) is 4.42. The second-order valence-corrected chi connectivity index (χ2v) is 5.19. The van der Waals surface area contributed by atoms with Crippen LogP contribution < -0.4 is 0 Å².